The molecule has 122 valence electrons. The molecular weight excluding hydrogens is 320 g/mol. The smallest absolute Gasteiger partial charge is 0.266 e. The number of benzene rings is 2. The summed E-state index contributed by atoms with van der Waals surface area (Å²) < 4.78 is 1.61. The molecule has 0 aliphatic carbocycles. The monoisotopic (exact) mass is 338 g/mol. The zero-order valence-electron chi connectivity index (χ0n) is 13.9. The van der Waals surface area contributed by atoms with Crippen molar-refractivity contribution < 1.29 is 4.79 Å². The number of carbonyl (C=O) groups is 1. The average Bonchev–Trinajstić information content (AvgIpc) is 2.52. The van der Waals surface area contributed by atoms with Gasteiger partial charge in [-0.05, 0) is 56.2 Å². The van der Waals surface area contributed by atoms with Gasteiger partial charge in [0.2, 0.25) is 0 Å². The van der Waals surface area contributed by atoms with E-state index in [-0.39, 0.29) is 17.1 Å². The Bertz CT molecular complexity index is 972. The van der Waals surface area contributed by atoms with Crippen LogP contribution in [0.2, 0.25) is 0 Å². The molecule has 0 spiro atoms. The number of ketones is 1. The van der Waals surface area contributed by atoms with Gasteiger partial charge < -0.3 is 0 Å². The predicted molar refractivity (Wildman–Crippen MR) is 98.2 cm³/mol. The van der Waals surface area contributed by atoms with Crippen molar-refractivity contribution >= 4 is 28.4 Å². The molecule has 0 unspecified atom stereocenters. The highest BCUT2D eigenvalue weighted by atomic mass is 32.2. The SMILES string of the molecule is CC(=O)CSc1nc2ccccc2c(=O)n1-c1cc(C)cc(C)c1. The molecule has 0 aliphatic rings. The normalized spacial score (nSPS) is 11.0. The molecular formula is C19H18N2O2S. The zero-order valence-corrected chi connectivity index (χ0v) is 14.7. The van der Waals surface area contributed by atoms with E-state index in [0.717, 1.165) is 16.8 Å². The topological polar surface area (TPSA) is 52.0 Å². The van der Waals surface area contributed by atoms with Crippen LogP contribution >= 0.6 is 11.8 Å². The van der Waals surface area contributed by atoms with Gasteiger partial charge in [-0.15, -0.1) is 0 Å². The summed E-state index contributed by atoms with van der Waals surface area (Å²) in [6.07, 6.45) is 0. The molecule has 0 fully saturated rings. The molecule has 5 heteroatoms. The summed E-state index contributed by atoms with van der Waals surface area (Å²) in [6, 6.07) is 13.3. The molecule has 0 radical (unpaired) electrons. The molecule has 0 aliphatic heterocycles. The van der Waals surface area contributed by atoms with Gasteiger partial charge >= 0.3 is 0 Å². The second kappa shape index (κ2) is 6.61. The number of rotatable bonds is 4. The van der Waals surface area contributed by atoms with Crippen LogP contribution in [0.3, 0.4) is 0 Å². The number of hydrogen-bond acceptors (Lipinski definition) is 4. The summed E-state index contributed by atoms with van der Waals surface area (Å²) in [5.74, 6) is 0.338. The first kappa shape index (κ1) is 16.5. The Labute approximate surface area is 144 Å². The largest absolute Gasteiger partial charge is 0.299 e. The maximum Gasteiger partial charge on any atom is 0.266 e. The van der Waals surface area contributed by atoms with Crippen molar-refractivity contribution in [3.63, 3.8) is 0 Å². The molecule has 0 N–H and O–H groups in total. The minimum Gasteiger partial charge on any atom is -0.299 e. The highest BCUT2D eigenvalue weighted by molar-refractivity contribution is 7.99. The number of aryl methyl sites for hydroxylation is 2. The average molecular weight is 338 g/mol. The number of Topliss-reactive ketones (excluding diaryl/α,β-unsaturated/α-hetero) is 1. The highest BCUT2D eigenvalue weighted by Crippen LogP contribution is 2.22. The van der Waals surface area contributed by atoms with Gasteiger partial charge in [-0.2, -0.15) is 0 Å². The van der Waals surface area contributed by atoms with Crippen molar-refractivity contribution in [3.05, 3.63) is 63.9 Å². The van der Waals surface area contributed by atoms with Gasteiger partial charge in [0.05, 0.1) is 22.3 Å². The van der Waals surface area contributed by atoms with Crippen molar-refractivity contribution in [3.8, 4) is 5.69 Å². The van der Waals surface area contributed by atoms with Crippen LogP contribution in [-0.4, -0.2) is 21.1 Å². The van der Waals surface area contributed by atoms with Crippen molar-refractivity contribution in [2.75, 3.05) is 5.75 Å². The lowest BCUT2D eigenvalue weighted by molar-refractivity contribution is -0.114. The number of fused-ring (bicyclic) bond motifs is 1. The number of aromatic nitrogens is 2. The Morgan fingerprint density at radius 2 is 1.79 bits per heavy atom. The van der Waals surface area contributed by atoms with E-state index in [1.165, 1.54) is 18.7 Å². The third kappa shape index (κ3) is 3.26. The highest BCUT2D eigenvalue weighted by Gasteiger charge is 2.14. The Morgan fingerprint density at radius 3 is 2.46 bits per heavy atom. The second-order valence-electron chi connectivity index (χ2n) is 5.89. The van der Waals surface area contributed by atoms with E-state index in [9.17, 15) is 9.59 Å². The lowest BCUT2D eigenvalue weighted by atomic mass is 10.1. The van der Waals surface area contributed by atoms with Crippen LogP contribution < -0.4 is 5.56 Å². The molecule has 0 saturated carbocycles. The Hall–Kier alpha value is -2.40. The second-order valence-corrected chi connectivity index (χ2v) is 6.83. The van der Waals surface area contributed by atoms with Gasteiger partial charge in [-0.1, -0.05) is 30.0 Å². The molecule has 4 nitrogen and oxygen atoms in total. The van der Waals surface area contributed by atoms with Crippen molar-refractivity contribution in [1.29, 1.82) is 0 Å². The van der Waals surface area contributed by atoms with E-state index in [0.29, 0.717) is 16.1 Å². The fourth-order valence-electron chi connectivity index (χ4n) is 2.68. The van der Waals surface area contributed by atoms with Crippen molar-refractivity contribution in [2.24, 2.45) is 0 Å². The first-order valence-corrected chi connectivity index (χ1v) is 8.67. The summed E-state index contributed by atoms with van der Waals surface area (Å²) in [6.45, 7) is 5.53. The van der Waals surface area contributed by atoms with Crippen LogP contribution in [0.15, 0.2) is 52.4 Å². The van der Waals surface area contributed by atoms with E-state index in [2.05, 4.69) is 11.1 Å². The van der Waals surface area contributed by atoms with Crippen LogP contribution in [0.25, 0.3) is 16.6 Å². The molecule has 0 amide bonds. The van der Waals surface area contributed by atoms with Crippen molar-refractivity contribution in [2.45, 2.75) is 25.9 Å². The molecule has 0 atom stereocenters. The lowest BCUT2D eigenvalue weighted by Crippen LogP contribution is -2.22. The Kier molecular flexibility index (Phi) is 4.53. The van der Waals surface area contributed by atoms with E-state index >= 15 is 0 Å². The lowest BCUT2D eigenvalue weighted by Gasteiger charge is -2.14. The molecule has 3 rings (SSSR count). The number of nitrogens with zero attached hydrogens (tertiary/aromatic N) is 2. The van der Waals surface area contributed by atoms with Crippen molar-refractivity contribution in [1.82, 2.24) is 9.55 Å². The van der Waals surface area contributed by atoms with Crippen LogP contribution in [0, 0.1) is 13.8 Å². The quantitative estimate of drug-likeness (QED) is 0.538. The van der Waals surface area contributed by atoms with E-state index in [4.69, 9.17) is 0 Å². The minimum absolute atomic E-state index is 0.0504. The van der Waals surface area contributed by atoms with Gasteiger partial charge in [-0.3, -0.25) is 14.2 Å². The number of thioether (sulfide) groups is 1. The molecule has 3 aromatic rings. The zero-order chi connectivity index (χ0) is 17.3. The van der Waals surface area contributed by atoms with E-state index < -0.39 is 0 Å². The van der Waals surface area contributed by atoms with Crippen LogP contribution in [-0.2, 0) is 4.79 Å². The summed E-state index contributed by atoms with van der Waals surface area (Å²) in [7, 11) is 0. The minimum atomic E-state index is -0.114. The van der Waals surface area contributed by atoms with Crippen LogP contribution in [0.1, 0.15) is 18.1 Å². The third-order valence-electron chi connectivity index (χ3n) is 3.61. The summed E-state index contributed by atoms with van der Waals surface area (Å²) >= 11 is 1.29. The Morgan fingerprint density at radius 1 is 1.12 bits per heavy atom. The number of hydrogen-bond donors (Lipinski definition) is 0. The summed E-state index contributed by atoms with van der Waals surface area (Å²) in [5.41, 5.74) is 3.47. The maximum absolute atomic E-state index is 13.0. The number of carbonyl (C=O) groups excluding carboxylic acids is 1. The molecule has 0 saturated heterocycles. The fourth-order valence-corrected chi connectivity index (χ4v) is 3.50. The summed E-state index contributed by atoms with van der Waals surface area (Å²) in [5, 5.41) is 1.11. The molecule has 1 aromatic heterocycles. The van der Waals surface area contributed by atoms with Gasteiger partial charge in [0.15, 0.2) is 5.16 Å². The van der Waals surface area contributed by atoms with Gasteiger partial charge in [0.25, 0.3) is 5.56 Å². The molecule has 0 bridgehead atoms. The molecule has 24 heavy (non-hydrogen) atoms. The standard InChI is InChI=1S/C19H18N2O2S/c1-12-8-13(2)10-15(9-12)21-18(23)16-6-4-5-7-17(16)20-19(21)24-11-14(3)22/h4-10H,11H2,1-3H3. The van der Waals surface area contributed by atoms with E-state index in [1.807, 2.05) is 44.2 Å². The van der Waals surface area contributed by atoms with E-state index in [1.54, 1.807) is 10.6 Å². The maximum atomic E-state index is 13.0. The molecule has 1 heterocycles. The van der Waals surface area contributed by atoms with Gasteiger partial charge in [-0.25, -0.2) is 4.98 Å². The fraction of sp³-hybridized carbons (Fsp3) is 0.211. The van der Waals surface area contributed by atoms with Crippen LogP contribution in [0.4, 0.5) is 0 Å². The Balaban J connectivity index is 2.30. The van der Waals surface area contributed by atoms with Crippen LogP contribution in [0.5, 0.6) is 0 Å². The molecule has 2 aromatic carbocycles. The van der Waals surface area contributed by atoms with Gasteiger partial charge in [0, 0.05) is 0 Å². The first-order valence-electron chi connectivity index (χ1n) is 7.68. The van der Waals surface area contributed by atoms with Gasteiger partial charge in [0.1, 0.15) is 5.78 Å². The predicted octanol–water partition coefficient (Wildman–Crippen LogP) is 3.68. The third-order valence-corrected chi connectivity index (χ3v) is 4.70. The first-order chi connectivity index (χ1) is 11.5. The summed E-state index contributed by atoms with van der Waals surface area (Å²) in [4.78, 5) is 29.0. The number of para-hydroxylation sites is 1.